The molecule has 128 valence electrons. The van der Waals surface area contributed by atoms with Gasteiger partial charge in [0.15, 0.2) is 11.9 Å². The lowest BCUT2D eigenvalue weighted by atomic mass is 10.1. The van der Waals surface area contributed by atoms with Gasteiger partial charge in [0.25, 0.3) is 5.91 Å². The van der Waals surface area contributed by atoms with Crippen LogP contribution in [0.5, 0.6) is 0 Å². The quantitative estimate of drug-likeness (QED) is 0.627. The normalized spacial score (nSPS) is 15.1. The van der Waals surface area contributed by atoms with Crippen LogP contribution in [-0.4, -0.2) is 47.7 Å². The fraction of sp³-hybridized carbons (Fsp3) is 0.412. The second kappa shape index (κ2) is 7.72. The zero-order valence-electron chi connectivity index (χ0n) is 13.7. The van der Waals surface area contributed by atoms with Gasteiger partial charge >= 0.3 is 5.97 Å². The largest absolute Gasteiger partial charge is 0.451 e. The number of hydrogen-bond acceptors (Lipinski definition) is 5. The molecule has 0 saturated carbocycles. The number of ether oxygens (including phenoxy) is 1. The number of ketones is 1. The van der Waals surface area contributed by atoms with E-state index in [1.165, 1.54) is 18.7 Å². The molecular formula is C17H20N2O5. The summed E-state index contributed by atoms with van der Waals surface area (Å²) in [5, 5.41) is 2.58. The van der Waals surface area contributed by atoms with Crippen LogP contribution in [0.15, 0.2) is 24.3 Å². The maximum Gasteiger partial charge on any atom is 0.326 e. The Morgan fingerprint density at radius 1 is 1.29 bits per heavy atom. The van der Waals surface area contributed by atoms with E-state index in [9.17, 15) is 19.2 Å². The van der Waals surface area contributed by atoms with E-state index >= 15 is 0 Å². The Hall–Kier alpha value is -2.70. The molecule has 1 aromatic carbocycles. The third-order valence-electron chi connectivity index (χ3n) is 3.73. The van der Waals surface area contributed by atoms with E-state index in [0.29, 0.717) is 24.2 Å². The number of likely N-dealkylation sites (tertiary alicyclic amines) is 1. The molecule has 0 aliphatic carbocycles. The summed E-state index contributed by atoms with van der Waals surface area (Å²) in [6, 6.07) is 6.60. The molecule has 1 fully saturated rings. The summed E-state index contributed by atoms with van der Waals surface area (Å²) in [4.78, 5) is 48.4. The molecule has 2 rings (SSSR count). The molecule has 1 atom stereocenters. The third-order valence-corrected chi connectivity index (χ3v) is 3.73. The fourth-order valence-electron chi connectivity index (χ4n) is 2.45. The molecule has 1 saturated heterocycles. The molecule has 0 aromatic heterocycles. The lowest BCUT2D eigenvalue weighted by Crippen LogP contribution is -2.36. The maximum atomic E-state index is 12.1. The van der Waals surface area contributed by atoms with Crippen LogP contribution in [0.2, 0.25) is 0 Å². The van der Waals surface area contributed by atoms with Crippen molar-refractivity contribution < 1.29 is 23.9 Å². The van der Waals surface area contributed by atoms with Crippen LogP contribution in [-0.2, 0) is 19.1 Å². The Kier molecular flexibility index (Phi) is 5.68. The Balaban J connectivity index is 1.91. The Labute approximate surface area is 140 Å². The van der Waals surface area contributed by atoms with Gasteiger partial charge in [-0.25, -0.2) is 0 Å². The van der Waals surface area contributed by atoms with Gasteiger partial charge in [0.1, 0.15) is 6.54 Å². The maximum absolute atomic E-state index is 12.1. The molecule has 1 aromatic rings. The molecule has 1 heterocycles. The SMILES string of the molecule is CC(=O)c1ccccc1NC(=O)[C@@H](C)OC(=O)CN1CCCC1=O. The van der Waals surface area contributed by atoms with Crippen LogP contribution < -0.4 is 5.32 Å². The predicted molar refractivity (Wildman–Crippen MR) is 86.4 cm³/mol. The number of nitrogens with one attached hydrogen (secondary N) is 1. The van der Waals surface area contributed by atoms with Crippen LogP contribution in [0.1, 0.15) is 37.0 Å². The first-order valence-corrected chi connectivity index (χ1v) is 7.76. The van der Waals surface area contributed by atoms with Crippen LogP contribution >= 0.6 is 0 Å². The molecule has 24 heavy (non-hydrogen) atoms. The average molecular weight is 332 g/mol. The number of anilines is 1. The summed E-state index contributed by atoms with van der Waals surface area (Å²) in [6.45, 7) is 3.22. The molecule has 2 amide bonds. The van der Waals surface area contributed by atoms with Gasteiger partial charge < -0.3 is 15.0 Å². The Bertz CT molecular complexity index is 671. The van der Waals surface area contributed by atoms with Crippen molar-refractivity contribution in [3.8, 4) is 0 Å². The summed E-state index contributed by atoms with van der Waals surface area (Å²) in [7, 11) is 0. The van der Waals surface area contributed by atoms with E-state index in [1.54, 1.807) is 24.3 Å². The van der Waals surface area contributed by atoms with Gasteiger partial charge in [0.2, 0.25) is 5.91 Å². The van der Waals surface area contributed by atoms with E-state index in [2.05, 4.69) is 5.32 Å². The first kappa shape index (κ1) is 17.7. The van der Waals surface area contributed by atoms with E-state index < -0.39 is 18.0 Å². The van der Waals surface area contributed by atoms with Gasteiger partial charge in [-0.2, -0.15) is 0 Å². The standard InChI is InChI=1S/C17H20N2O5/c1-11(20)13-6-3-4-7-14(13)18-17(23)12(2)24-16(22)10-19-9-5-8-15(19)21/h3-4,6-7,12H,5,8-10H2,1-2H3,(H,18,23)/t12-/m1/s1. The van der Waals surface area contributed by atoms with Gasteiger partial charge in [-0.15, -0.1) is 0 Å². The van der Waals surface area contributed by atoms with Gasteiger partial charge in [-0.05, 0) is 32.4 Å². The zero-order valence-corrected chi connectivity index (χ0v) is 13.7. The molecular weight excluding hydrogens is 312 g/mol. The summed E-state index contributed by atoms with van der Waals surface area (Å²) in [5.74, 6) is -1.43. The van der Waals surface area contributed by atoms with E-state index in [1.807, 2.05) is 0 Å². The number of benzene rings is 1. The number of carbonyl (C=O) groups excluding carboxylic acids is 4. The molecule has 1 aliphatic heterocycles. The number of para-hydroxylation sites is 1. The summed E-state index contributed by atoms with van der Waals surface area (Å²) in [6.07, 6.45) is 0.130. The summed E-state index contributed by atoms with van der Waals surface area (Å²) >= 11 is 0. The predicted octanol–water partition coefficient (Wildman–Crippen LogP) is 1.38. The van der Waals surface area contributed by atoms with E-state index in [4.69, 9.17) is 4.74 Å². The van der Waals surface area contributed by atoms with Crippen molar-refractivity contribution in [2.75, 3.05) is 18.4 Å². The highest BCUT2D eigenvalue weighted by Crippen LogP contribution is 2.16. The minimum atomic E-state index is -1.03. The van der Waals surface area contributed by atoms with Crippen molar-refractivity contribution in [1.29, 1.82) is 0 Å². The van der Waals surface area contributed by atoms with Crippen molar-refractivity contribution >= 4 is 29.3 Å². The van der Waals surface area contributed by atoms with E-state index in [0.717, 1.165) is 6.42 Å². The lowest BCUT2D eigenvalue weighted by molar-refractivity contribution is -0.155. The number of hydrogen-bond donors (Lipinski definition) is 1. The minimum Gasteiger partial charge on any atom is -0.451 e. The average Bonchev–Trinajstić information content (AvgIpc) is 2.92. The van der Waals surface area contributed by atoms with Crippen molar-refractivity contribution in [2.24, 2.45) is 0 Å². The first-order chi connectivity index (χ1) is 11.4. The number of Topliss-reactive ketones (excluding diaryl/α,β-unsaturated/α-hetero) is 1. The first-order valence-electron chi connectivity index (χ1n) is 7.76. The fourth-order valence-corrected chi connectivity index (χ4v) is 2.45. The second-order valence-electron chi connectivity index (χ2n) is 5.64. The summed E-state index contributed by atoms with van der Waals surface area (Å²) < 4.78 is 5.07. The highest BCUT2D eigenvalue weighted by atomic mass is 16.5. The van der Waals surface area contributed by atoms with Crippen molar-refractivity contribution in [2.45, 2.75) is 32.8 Å². The highest BCUT2D eigenvalue weighted by Gasteiger charge is 2.25. The molecule has 1 N–H and O–H groups in total. The van der Waals surface area contributed by atoms with Crippen molar-refractivity contribution in [3.05, 3.63) is 29.8 Å². The smallest absolute Gasteiger partial charge is 0.326 e. The van der Waals surface area contributed by atoms with Gasteiger partial charge in [-0.1, -0.05) is 12.1 Å². The molecule has 7 nitrogen and oxygen atoms in total. The topological polar surface area (TPSA) is 92.8 Å². The summed E-state index contributed by atoms with van der Waals surface area (Å²) in [5.41, 5.74) is 0.750. The van der Waals surface area contributed by atoms with E-state index in [-0.39, 0.29) is 18.2 Å². The van der Waals surface area contributed by atoms with Crippen LogP contribution in [0.4, 0.5) is 5.69 Å². The van der Waals surface area contributed by atoms with Crippen molar-refractivity contribution in [1.82, 2.24) is 4.90 Å². The number of carbonyl (C=O) groups is 4. The number of nitrogens with zero attached hydrogens (tertiary/aromatic N) is 1. The van der Waals surface area contributed by atoms with Gasteiger partial charge in [0.05, 0.1) is 5.69 Å². The zero-order chi connectivity index (χ0) is 17.7. The monoisotopic (exact) mass is 332 g/mol. The Morgan fingerprint density at radius 2 is 2.00 bits per heavy atom. The minimum absolute atomic E-state index is 0.0839. The second-order valence-corrected chi connectivity index (χ2v) is 5.64. The van der Waals surface area contributed by atoms with Crippen LogP contribution in [0.3, 0.4) is 0 Å². The molecule has 1 aliphatic rings. The molecule has 0 radical (unpaired) electrons. The van der Waals surface area contributed by atoms with Gasteiger partial charge in [-0.3, -0.25) is 19.2 Å². The Morgan fingerprint density at radius 3 is 2.62 bits per heavy atom. The highest BCUT2D eigenvalue weighted by molar-refractivity contribution is 6.04. The van der Waals surface area contributed by atoms with Crippen LogP contribution in [0.25, 0.3) is 0 Å². The molecule has 0 unspecified atom stereocenters. The third kappa shape index (κ3) is 4.41. The number of esters is 1. The number of amides is 2. The molecule has 0 spiro atoms. The molecule has 7 heteroatoms. The van der Waals surface area contributed by atoms with Crippen molar-refractivity contribution in [3.63, 3.8) is 0 Å². The van der Waals surface area contributed by atoms with Crippen LogP contribution in [0, 0.1) is 0 Å². The molecule has 0 bridgehead atoms. The lowest BCUT2D eigenvalue weighted by Gasteiger charge is -2.18. The number of rotatable bonds is 6. The van der Waals surface area contributed by atoms with Gasteiger partial charge in [0, 0.05) is 18.5 Å².